The monoisotopic (exact) mass is 339 g/mol. The van der Waals surface area contributed by atoms with Crippen molar-refractivity contribution in [2.75, 3.05) is 6.54 Å². The number of hydrogen-bond acceptors (Lipinski definition) is 4. The van der Waals surface area contributed by atoms with Crippen LogP contribution in [0.5, 0.6) is 5.75 Å². The SMILES string of the molecule is CC(=O)c1cc(C=CCCNC(=O)OCc2ccccc2)ccc1O. The summed E-state index contributed by atoms with van der Waals surface area (Å²) in [5.74, 6) is -0.206. The maximum atomic E-state index is 11.6. The van der Waals surface area contributed by atoms with Crippen molar-refractivity contribution in [2.45, 2.75) is 20.0 Å². The maximum absolute atomic E-state index is 11.6. The largest absolute Gasteiger partial charge is 0.507 e. The van der Waals surface area contributed by atoms with Crippen LogP contribution in [0.15, 0.2) is 54.6 Å². The molecule has 0 aliphatic carbocycles. The van der Waals surface area contributed by atoms with Crippen molar-refractivity contribution >= 4 is 18.0 Å². The van der Waals surface area contributed by atoms with Crippen LogP contribution in [-0.4, -0.2) is 23.5 Å². The number of carbonyl (C=O) groups excluding carboxylic acids is 2. The first-order chi connectivity index (χ1) is 12.1. The highest BCUT2D eigenvalue weighted by Crippen LogP contribution is 2.19. The normalized spacial score (nSPS) is 10.6. The summed E-state index contributed by atoms with van der Waals surface area (Å²) in [6.07, 6.45) is 3.88. The van der Waals surface area contributed by atoms with E-state index in [4.69, 9.17) is 4.74 Å². The summed E-state index contributed by atoms with van der Waals surface area (Å²) >= 11 is 0. The Morgan fingerprint density at radius 1 is 1.16 bits per heavy atom. The van der Waals surface area contributed by atoms with Crippen molar-refractivity contribution < 1.29 is 19.4 Å². The first kappa shape index (κ1) is 18.3. The first-order valence-corrected chi connectivity index (χ1v) is 8.01. The minimum atomic E-state index is -0.458. The third kappa shape index (κ3) is 6.14. The molecule has 0 aliphatic rings. The zero-order valence-electron chi connectivity index (χ0n) is 14.1. The van der Waals surface area contributed by atoms with Gasteiger partial charge in [0.1, 0.15) is 12.4 Å². The van der Waals surface area contributed by atoms with Crippen molar-refractivity contribution in [1.29, 1.82) is 0 Å². The smallest absolute Gasteiger partial charge is 0.407 e. The number of hydrogen-bond donors (Lipinski definition) is 2. The number of aromatic hydroxyl groups is 1. The van der Waals surface area contributed by atoms with Gasteiger partial charge in [0.2, 0.25) is 0 Å². The molecule has 0 aromatic heterocycles. The molecular weight excluding hydrogens is 318 g/mol. The van der Waals surface area contributed by atoms with Gasteiger partial charge >= 0.3 is 6.09 Å². The molecule has 5 nitrogen and oxygen atoms in total. The minimum absolute atomic E-state index is 0.0209. The van der Waals surface area contributed by atoms with Gasteiger partial charge in [0.15, 0.2) is 5.78 Å². The van der Waals surface area contributed by atoms with Crippen LogP contribution >= 0.6 is 0 Å². The Morgan fingerprint density at radius 2 is 1.92 bits per heavy atom. The Labute approximate surface area is 146 Å². The van der Waals surface area contributed by atoms with Gasteiger partial charge in [-0.05, 0) is 36.6 Å². The molecule has 2 rings (SSSR count). The molecular formula is C20H21NO4. The molecule has 25 heavy (non-hydrogen) atoms. The van der Waals surface area contributed by atoms with E-state index in [1.54, 1.807) is 12.1 Å². The van der Waals surface area contributed by atoms with Gasteiger partial charge < -0.3 is 15.2 Å². The molecule has 2 N–H and O–H groups in total. The highest BCUT2D eigenvalue weighted by molar-refractivity contribution is 5.97. The maximum Gasteiger partial charge on any atom is 0.407 e. The van der Waals surface area contributed by atoms with E-state index in [0.717, 1.165) is 11.1 Å². The molecule has 5 heteroatoms. The topological polar surface area (TPSA) is 75.6 Å². The molecule has 0 unspecified atom stereocenters. The highest BCUT2D eigenvalue weighted by atomic mass is 16.5. The van der Waals surface area contributed by atoms with Gasteiger partial charge in [-0.3, -0.25) is 4.79 Å². The molecule has 0 atom stereocenters. The fourth-order valence-electron chi connectivity index (χ4n) is 2.19. The van der Waals surface area contributed by atoms with Crippen LogP contribution in [0.25, 0.3) is 6.08 Å². The van der Waals surface area contributed by atoms with E-state index in [1.807, 2.05) is 42.5 Å². The van der Waals surface area contributed by atoms with E-state index in [1.165, 1.54) is 13.0 Å². The standard InChI is InChI=1S/C20H21NO4/c1-15(22)18-13-16(10-11-19(18)23)7-5-6-12-21-20(24)25-14-17-8-3-2-4-9-17/h2-5,7-11,13,23H,6,12,14H2,1H3,(H,21,24). The average Bonchev–Trinajstić information content (AvgIpc) is 2.61. The number of ketones is 1. The third-order valence-corrected chi connectivity index (χ3v) is 3.50. The Balaban J connectivity index is 1.72. The van der Waals surface area contributed by atoms with E-state index in [2.05, 4.69) is 5.32 Å². The molecule has 0 radical (unpaired) electrons. The number of phenols is 1. The number of rotatable bonds is 7. The summed E-state index contributed by atoms with van der Waals surface area (Å²) in [5, 5.41) is 12.3. The van der Waals surface area contributed by atoms with Crippen LogP contribution < -0.4 is 5.32 Å². The minimum Gasteiger partial charge on any atom is -0.507 e. The van der Waals surface area contributed by atoms with E-state index >= 15 is 0 Å². The van der Waals surface area contributed by atoms with Gasteiger partial charge in [0.25, 0.3) is 0 Å². The van der Waals surface area contributed by atoms with E-state index < -0.39 is 6.09 Å². The quantitative estimate of drug-likeness (QED) is 0.592. The number of ether oxygens (including phenoxy) is 1. The van der Waals surface area contributed by atoms with Crippen LogP contribution in [0.1, 0.15) is 34.8 Å². The number of nitrogens with one attached hydrogen (secondary N) is 1. The number of amides is 1. The van der Waals surface area contributed by atoms with Crippen molar-refractivity contribution in [3.05, 3.63) is 71.3 Å². The predicted molar refractivity (Wildman–Crippen MR) is 96.4 cm³/mol. The van der Waals surface area contributed by atoms with Crippen molar-refractivity contribution in [2.24, 2.45) is 0 Å². The van der Waals surface area contributed by atoms with Crippen LogP contribution in [-0.2, 0) is 11.3 Å². The fourth-order valence-corrected chi connectivity index (χ4v) is 2.19. The van der Waals surface area contributed by atoms with Gasteiger partial charge in [-0.2, -0.15) is 0 Å². The molecule has 0 bridgehead atoms. The highest BCUT2D eigenvalue weighted by Gasteiger charge is 2.06. The number of carbonyl (C=O) groups is 2. The molecule has 130 valence electrons. The van der Waals surface area contributed by atoms with Crippen LogP contribution in [0, 0.1) is 0 Å². The number of alkyl carbamates (subject to hydrolysis) is 1. The molecule has 0 saturated carbocycles. The van der Waals surface area contributed by atoms with E-state index in [9.17, 15) is 14.7 Å². The summed E-state index contributed by atoms with van der Waals surface area (Å²) in [5.41, 5.74) is 2.05. The number of Topliss-reactive ketones (excluding diaryl/α,β-unsaturated/α-hetero) is 1. The van der Waals surface area contributed by atoms with Crippen molar-refractivity contribution in [3.63, 3.8) is 0 Å². The lowest BCUT2D eigenvalue weighted by atomic mass is 10.1. The van der Waals surface area contributed by atoms with Crippen LogP contribution in [0.3, 0.4) is 0 Å². The Bertz CT molecular complexity index is 754. The van der Waals surface area contributed by atoms with Crippen molar-refractivity contribution in [1.82, 2.24) is 5.32 Å². The van der Waals surface area contributed by atoms with E-state index in [-0.39, 0.29) is 18.1 Å². The lowest BCUT2D eigenvalue weighted by Crippen LogP contribution is -2.24. The van der Waals surface area contributed by atoms with Crippen LogP contribution in [0.4, 0.5) is 4.79 Å². The Hall–Kier alpha value is -3.08. The average molecular weight is 339 g/mol. The first-order valence-electron chi connectivity index (χ1n) is 8.01. The molecule has 0 heterocycles. The second-order valence-corrected chi connectivity index (χ2v) is 5.51. The lowest BCUT2D eigenvalue weighted by Gasteiger charge is -2.06. The van der Waals surface area contributed by atoms with Crippen molar-refractivity contribution in [3.8, 4) is 5.75 Å². The van der Waals surface area contributed by atoms with Gasteiger partial charge in [0, 0.05) is 6.54 Å². The van der Waals surface area contributed by atoms with Crippen LogP contribution in [0.2, 0.25) is 0 Å². The Morgan fingerprint density at radius 3 is 2.64 bits per heavy atom. The predicted octanol–water partition coefficient (Wildman–Crippen LogP) is 3.92. The summed E-state index contributed by atoms with van der Waals surface area (Å²) in [6, 6.07) is 14.3. The third-order valence-electron chi connectivity index (χ3n) is 3.50. The molecule has 2 aromatic carbocycles. The zero-order valence-corrected chi connectivity index (χ0v) is 14.1. The summed E-state index contributed by atoms with van der Waals surface area (Å²) < 4.78 is 5.11. The number of phenolic OH excluding ortho intramolecular Hbond substituents is 1. The second kappa shape index (κ2) is 9.27. The molecule has 2 aromatic rings. The molecule has 0 fully saturated rings. The van der Waals surface area contributed by atoms with Gasteiger partial charge in [-0.25, -0.2) is 4.79 Å². The Kier molecular flexibility index (Phi) is 6.77. The summed E-state index contributed by atoms with van der Waals surface area (Å²) in [4.78, 5) is 23.0. The van der Waals surface area contributed by atoms with E-state index in [0.29, 0.717) is 18.5 Å². The zero-order chi connectivity index (χ0) is 18.1. The fraction of sp³-hybridized carbons (Fsp3) is 0.200. The summed E-state index contributed by atoms with van der Waals surface area (Å²) in [7, 11) is 0. The molecule has 1 amide bonds. The lowest BCUT2D eigenvalue weighted by molar-refractivity contribution is 0.101. The van der Waals surface area contributed by atoms with Gasteiger partial charge in [0.05, 0.1) is 5.56 Å². The van der Waals surface area contributed by atoms with Gasteiger partial charge in [-0.15, -0.1) is 0 Å². The molecule has 0 saturated heterocycles. The second-order valence-electron chi connectivity index (χ2n) is 5.51. The summed E-state index contributed by atoms with van der Waals surface area (Å²) in [6.45, 7) is 2.10. The number of benzene rings is 2. The molecule has 0 spiro atoms. The molecule has 0 aliphatic heterocycles. The van der Waals surface area contributed by atoms with Gasteiger partial charge in [-0.1, -0.05) is 48.6 Å².